The van der Waals surface area contributed by atoms with Crippen molar-refractivity contribution in [1.29, 1.82) is 10.5 Å². The van der Waals surface area contributed by atoms with Crippen molar-refractivity contribution >= 4 is 35.4 Å². The summed E-state index contributed by atoms with van der Waals surface area (Å²) in [6, 6.07) is 4.12. The van der Waals surface area contributed by atoms with Crippen molar-refractivity contribution in [1.82, 2.24) is 9.97 Å². The topological polar surface area (TPSA) is 132 Å². The average molecular weight is 732 g/mol. The molecule has 0 amide bonds. The zero-order valence-electron chi connectivity index (χ0n) is 23.1. The molecule has 0 spiro atoms. The van der Waals surface area contributed by atoms with Crippen LogP contribution in [0, 0.1) is 34.7 Å². The summed E-state index contributed by atoms with van der Waals surface area (Å²) in [4.78, 5) is 6.62. The van der Waals surface area contributed by atoms with E-state index in [0.29, 0.717) is 23.5 Å². The number of pyridine rings is 2. The Morgan fingerprint density at radius 1 is 0.886 bits per heavy atom. The van der Waals surface area contributed by atoms with E-state index < -0.39 is 48.4 Å². The summed E-state index contributed by atoms with van der Waals surface area (Å²) < 4.78 is 105. The first-order chi connectivity index (χ1) is 19.9. The maximum Gasteiger partial charge on any atom is 0.433 e. The van der Waals surface area contributed by atoms with Gasteiger partial charge in [0, 0.05) is 30.2 Å². The third-order valence-corrected chi connectivity index (χ3v) is 10.4. The lowest BCUT2D eigenvalue weighted by molar-refractivity contribution is -0.142. The first-order valence-corrected chi connectivity index (χ1v) is 17.9. The second kappa shape index (κ2) is 16.5. The van der Waals surface area contributed by atoms with Gasteiger partial charge < -0.3 is 0 Å². The van der Waals surface area contributed by atoms with Crippen LogP contribution in [0.1, 0.15) is 67.3 Å². The molecule has 0 aromatic carbocycles. The highest BCUT2D eigenvalue weighted by atomic mass is 79.9. The summed E-state index contributed by atoms with van der Waals surface area (Å²) in [6.45, 7) is 0. The molecule has 8 nitrogen and oxygen atoms in total. The monoisotopic (exact) mass is 730 g/mol. The van der Waals surface area contributed by atoms with Gasteiger partial charge in [-0.2, -0.15) is 36.9 Å². The zero-order chi connectivity index (χ0) is 32.5. The van der Waals surface area contributed by atoms with Crippen LogP contribution in [0.2, 0.25) is 0 Å². The Morgan fingerprint density at radius 3 is 1.73 bits per heavy atom. The molecule has 244 valence electrons. The molecule has 2 saturated carbocycles. The van der Waals surface area contributed by atoms with Crippen molar-refractivity contribution in [2.75, 3.05) is 17.8 Å². The Balaban J connectivity index is 0.000000377. The molecule has 0 bridgehead atoms. The van der Waals surface area contributed by atoms with Crippen LogP contribution in [-0.2, 0) is 37.6 Å². The third-order valence-electron chi connectivity index (χ3n) is 6.14. The quantitative estimate of drug-likeness (QED) is 0.161. The van der Waals surface area contributed by atoms with Gasteiger partial charge in [0.2, 0.25) is 12.4 Å². The van der Waals surface area contributed by atoms with E-state index in [0.717, 1.165) is 43.3 Å². The molecule has 4 rings (SSSR count). The number of aromatic nitrogens is 2. The molecule has 2 aromatic heterocycles. The Hall–Kier alpha value is -2.76. The largest absolute Gasteiger partial charge is 0.433 e. The van der Waals surface area contributed by atoms with Gasteiger partial charge in [-0.1, -0.05) is 48.3 Å². The minimum absolute atomic E-state index is 0. The molecule has 0 aliphatic heterocycles. The van der Waals surface area contributed by atoms with E-state index in [2.05, 4.69) is 34.6 Å². The van der Waals surface area contributed by atoms with Crippen molar-refractivity contribution in [3.63, 3.8) is 0 Å². The van der Waals surface area contributed by atoms with E-state index >= 15 is 0 Å². The molecule has 3 unspecified atom stereocenters. The number of nitrogens with zero attached hydrogens (tertiary/aromatic N) is 6. The van der Waals surface area contributed by atoms with E-state index in [-0.39, 0.29) is 13.2 Å². The van der Waals surface area contributed by atoms with Gasteiger partial charge in [-0.3, -0.25) is 9.97 Å². The molecular weight excluding hydrogens is 698 g/mol. The van der Waals surface area contributed by atoms with Crippen LogP contribution in [0.3, 0.4) is 0 Å². The second-order valence-corrected chi connectivity index (χ2v) is 15.6. The molecule has 44 heavy (non-hydrogen) atoms. The Bertz CT molecular complexity index is 1540. The van der Waals surface area contributed by atoms with Crippen LogP contribution >= 0.6 is 15.9 Å². The van der Waals surface area contributed by atoms with Gasteiger partial charge in [0.1, 0.15) is 11.4 Å². The molecule has 2 aliphatic rings. The van der Waals surface area contributed by atoms with Gasteiger partial charge >= 0.3 is 12.4 Å². The van der Waals surface area contributed by atoms with Crippen LogP contribution in [0.15, 0.2) is 45.4 Å². The highest BCUT2D eigenvalue weighted by Gasteiger charge is 2.35. The SMILES string of the molecule is BrCC1CC1.C.CS(=O)(=NC#N)C(CC1CC1)c1ccc(C(F)(F)F)nc1.CS(=O)(Cc1ccc(C(F)(F)F)nc1)=NC#N. The summed E-state index contributed by atoms with van der Waals surface area (Å²) in [5.41, 5.74) is -1.23. The number of rotatable bonds is 7. The molecule has 2 aromatic rings. The van der Waals surface area contributed by atoms with Crippen LogP contribution in [0.25, 0.3) is 0 Å². The summed E-state index contributed by atoms with van der Waals surface area (Å²) in [5.74, 6) is 1.34. The maximum atomic E-state index is 12.5. The summed E-state index contributed by atoms with van der Waals surface area (Å²) in [6.07, 6.45) is 4.13. The smallest absolute Gasteiger partial charge is 0.251 e. The van der Waals surface area contributed by atoms with Crippen LogP contribution in [0.4, 0.5) is 26.3 Å². The summed E-state index contributed by atoms with van der Waals surface area (Å²) >= 11 is 3.38. The van der Waals surface area contributed by atoms with Gasteiger partial charge in [0.05, 0.1) is 30.5 Å². The molecule has 0 saturated heterocycles. The zero-order valence-corrected chi connectivity index (χ0v) is 26.3. The second-order valence-electron chi connectivity index (χ2n) is 10.1. The van der Waals surface area contributed by atoms with Crippen molar-refractivity contribution in [3.05, 3.63) is 59.2 Å². The lowest BCUT2D eigenvalue weighted by atomic mass is 10.1. The standard InChI is InChI=1S/C13H14F3N3OS.C9H8F3N3OS.C4H7Br.CH4/c1-21(20,19-8-17)11(6-9-2-3-9)10-4-5-12(18-7-10)13(14,15)16;1-17(16,15-6-13)5-7-2-3-8(14-4-7)9(10,11)12;5-3-4-1-2-4;/h4-5,7,9,11H,2-3,6H2,1H3;2-4H,5H2,1H3;4H,1-3H2;1H4. The van der Waals surface area contributed by atoms with Gasteiger partial charge in [0.15, 0.2) is 0 Å². The lowest BCUT2D eigenvalue weighted by Crippen LogP contribution is -2.14. The predicted molar refractivity (Wildman–Crippen MR) is 160 cm³/mol. The third kappa shape index (κ3) is 13.9. The molecule has 17 heteroatoms. The van der Waals surface area contributed by atoms with Crippen molar-refractivity contribution in [3.8, 4) is 12.4 Å². The van der Waals surface area contributed by atoms with Crippen molar-refractivity contribution < 1.29 is 34.8 Å². The minimum atomic E-state index is -4.50. The molecule has 2 aliphatic carbocycles. The van der Waals surface area contributed by atoms with Crippen LogP contribution < -0.4 is 0 Å². The van der Waals surface area contributed by atoms with Gasteiger partial charge in [-0.15, -0.1) is 8.73 Å². The molecule has 3 atom stereocenters. The van der Waals surface area contributed by atoms with Gasteiger partial charge in [-0.25, -0.2) is 8.42 Å². The Labute approximate surface area is 262 Å². The van der Waals surface area contributed by atoms with Crippen LogP contribution in [0.5, 0.6) is 0 Å². The van der Waals surface area contributed by atoms with Gasteiger partial charge in [-0.05, 0) is 54.4 Å². The number of alkyl halides is 7. The van der Waals surface area contributed by atoms with Crippen molar-refractivity contribution in [2.45, 2.75) is 62.9 Å². The molecule has 2 heterocycles. The fraction of sp³-hybridized carbons (Fsp3) is 0.556. The number of hydrogen-bond acceptors (Lipinski definition) is 8. The first-order valence-electron chi connectivity index (χ1n) is 12.7. The number of nitriles is 2. The Kier molecular flexibility index (Phi) is 14.7. The predicted octanol–water partition coefficient (Wildman–Crippen LogP) is 8.13. The Morgan fingerprint density at radius 2 is 1.39 bits per heavy atom. The van der Waals surface area contributed by atoms with Crippen molar-refractivity contribution in [2.24, 2.45) is 20.6 Å². The summed E-state index contributed by atoms with van der Waals surface area (Å²) in [7, 11) is -5.58. The molecule has 2 fully saturated rings. The number of halogens is 7. The van der Waals surface area contributed by atoms with E-state index in [1.165, 1.54) is 55.2 Å². The fourth-order valence-corrected chi connectivity index (χ4v) is 6.75. The van der Waals surface area contributed by atoms with E-state index in [9.17, 15) is 34.8 Å². The van der Waals surface area contributed by atoms with E-state index in [1.54, 1.807) is 0 Å². The maximum absolute atomic E-state index is 12.5. The molecule has 0 N–H and O–H groups in total. The normalized spacial score (nSPS) is 17.6. The van der Waals surface area contributed by atoms with Gasteiger partial charge in [0.25, 0.3) is 0 Å². The number of hydrogen-bond donors (Lipinski definition) is 0. The minimum Gasteiger partial charge on any atom is -0.251 e. The summed E-state index contributed by atoms with van der Waals surface area (Å²) in [5, 5.41) is 17.6. The highest BCUT2D eigenvalue weighted by molar-refractivity contribution is 9.09. The van der Waals surface area contributed by atoms with E-state index in [4.69, 9.17) is 10.5 Å². The fourth-order valence-electron chi connectivity index (χ4n) is 3.51. The first kappa shape index (κ1) is 39.3. The van der Waals surface area contributed by atoms with E-state index in [1.807, 2.05) is 0 Å². The molecular formula is C27H33BrF6N6O2S2. The molecule has 0 radical (unpaired) electrons. The van der Waals surface area contributed by atoms with Crippen LogP contribution in [-0.4, -0.2) is 36.2 Å². The highest BCUT2D eigenvalue weighted by Crippen LogP contribution is 2.41. The average Bonchev–Trinajstić information content (AvgIpc) is 3.82. The lowest BCUT2D eigenvalue weighted by Gasteiger charge is -2.18.